The summed E-state index contributed by atoms with van der Waals surface area (Å²) in [6.07, 6.45) is -2.36. The average Bonchev–Trinajstić information content (AvgIpc) is 3.29. The lowest BCUT2D eigenvalue weighted by molar-refractivity contribution is -0.185. The number of esters is 1. The van der Waals surface area contributed by atoms with Gasteiger partial charge in [-0.3, -0.25) is 23.7 Å². The maximum atomic E-state index is 13.8. The van der Waals surface area contributed by atoms with Crippen LogP contribution in [0.1, 0.15) is 32.6 Å². The number of nitrogens with one attached hydrogen (secondary N) is 2. The molecule has 2 saturated heterocycles. The number of aromatic nitrogens is 2. The summed E-state index contributed by atoms with van der Waals surface area (Å²) in [5, 5.41) is 13.5. The molecule has 3 heterocycles. The molecule has 2 aliphatic heterocycles. The Balaban J connectivity index is 1.55. The predicted molar refractivity (Wildman–Crippen MR) is 129 cm³/mol. The zero-order valence-electron chi connectivity index (χ0n) is 20.8. The summed E-state index contributed by atoms with van der Waals surface area (Å²) < 4.78 is 43.1. The summed E-state index contributed by atoms with van der Waals surface area (Å²) in [7, 11) is -4.24. The summed E-state index contributed by atoms with van der Waals surface area (Å²) in [6, 6.07) is 7.14. The summed E-state index contributed by atoms with van der Waals surface area (Å²) in [6.45, 7) is 5.74. The number of benzene rings is 1. The van der Waals surface area contributed by atoms with Crippen LogP contribution in [0.5, 0.6) is 5.75 Å². The van der Waals surface area contributed by atoms with Crippen molar-refractivity contribution in [3.8, 4) is 5.75 Å². The third-order valence-corrected chi connectivity index (χ3v) is 7.56. The molecule has 1 aromatic carbocycles. The number of nitrogens with zero attached hydrogens (tertiary/aromatic N) is 1. The van der Waals surface area contributed by atoms with Gasteiger partial charge in [-0.2, -0.15) is 5.09 Å². The number of rotatable bonds is 10. The number of hydrogen-bond acceptors (Lipinski definition) is 10. The molecule has 2 fully saturated rings. The SMILES string of the molecule is Cc1cn([C@@H]2O[C@@]3(COP(=O)(NC(C)C(=O)OC(C)C)Oc4ccccc4)CO[C@@H]2[C@@H]3O)c(=O)[nH]c1=O. The number of para-hydroxylation sites is 1. The number of H-pyrrole nitrogens is 1. The molecule has 2 aliphatic rings. The fourth-order valence-corrected chi connectivity index (χ4v) is 5.59. The number of aryl methyl sites for hydroxylation is 1. The van der Waals surface area contributed by atoms with E-state index in [1.807, 2.05) is 0 Å². The Bertz CT molecular complexity index is 1300. The normalized spacial score (nSPS) is 27.1. The number of fused-ring (bicyclic) bond motifs is 2. The number of carbonyl (C=O) groups is 1. The third-order valence-electron chi connectivity index (χ3n) is 5.93. The molecule has 2 unspecified atom stereocenters. The second-order valence-electron chi connectivity index (χ2n) is 9.28. The van der Waals surface area contributed by atoms with Crippen LogP contribution in [-0.4, -0.2) is 63.8 Å². The summed E-state index contributed by atoms with van der Waals surface area (Å²) in [4.78, 5) is 38.7. The first kappa shape index (κ1) is 27.2. The van der Waals surface area contributed by atoms with E-state index in [9.17, 15) is 24.1 Å². The minimum Gasteiger partial charge on any atom is -0.462 e. The van der Waals surface area contributed by atoms with Crippen LogP contribution >= 0.6 is 7.75 Å². The molecule has 6 atom stereocenters. The van der Waals surface area contributed by atoms with Gasteiger partial charge >= 0.3 is 19.4 Å². The number of aliphatic hydroxyl groups is 1. The van der Waals surface area contributed by atoms with Crippen LogP contribution in [0.15, 0.2) is 46.1 Å². The lowest BCUT2D eigenvalue weighted by Crippen LogP contribution is -2.46. The van der Waals surface area contributed by atoms with E-state index in [0.717, 1.165) is 4.57 Å². The first-order valence-corrected chi connectivity index (χ1v) is 13.2. The van der Waals surface area contributed by atoms with E-state index >= 15 is 0 Å². The largest absolute Gasteiger partial charge is 0.462 e. The monoisotopic (exact) mass is 539 g/mol. The van der Waals surface area contributed by atoms with Crippen LogP contribution in [0.4, 0.5) is 0 Å². The van der Waals surface area contributed by atoms with Gasteiger partial charge < -0.3 is 23.8 Å². The van der Waals surface area contributed by atoms with Gasteiger partial charge in [-0.15, -0.1) is 0 Å². The van der Waals surface area contributed by atoms with Crippen molar-refractivity contribution in [3.05, 3.63) is 62.9 Å². The van der Waals surface area contributed by atoms with Crippen molar-refractivity contribution < 1.29 is 37.7 Å². The molecule has 202 valence electrons. The molecule has 2 bridgehead atoms. The lowest BCUT2D eigenvalue weighted by Gasteiger charge is -2.32. The Morgan fingerprint density at radius 3 is 2.68 bits per heavy atom. The molecular formula is C23H30N3O10P. The van der Waals surface area contributed by atoms with Gasteiger partial charge in [-0.05, 0) is 39.8 Å². The topological polar surface area (TPSA) is 167 Å². The summed E-state index contributed by atoms with van der Waals surface area (Å²) in [5.41, 5.74) is -2.52. The molecular weight excluding hydrogens is 509 g/mol. The quantitative estimate of drug-likeness (QED) is 0.291. The molecule has 37 heavy (non-hydrogen) atoms. The van der Waals surface area contributed by atoms with Crippen LogP contribution in [0.25, 0.3) is 0 Å². The van der Waals surface area contributed by atoms with Crippen molar-refractivity contribution in [2.45, 2.75) is 63.9 Å². The van der Waals surface area contributed by atoms with Crippen molar-refractivity contribution in [3.63, 3.8) is 0 Å². The summed E-state index contributed by atoms with van der Waals surface area (Å²) in [5.74, 6) is -0.454. The Morgan fingerprint density at radius 2 is 2.00 bits per heavy atom. The minimum atomic E-state index is -4.24. The van der Waals surface area contributed by atoms with Crippen LogP contribution in [-0.2, 0) is 28.1 Å². The highest BCUT2D eigenvalue weighted by molar-refractivity contribution is 7.52. The average molecular weight is 539 g/mol. The zero-order chi connectivity index (χ0) is 27.0. The molecule has 4 rings (SSSR count). The predicted octanol–water partition coefficient (Wildman–Crippen LogP) is 1.01. The van der Waals surface area contributed by atoms with Crippen molar-refractivity contribution in [2.24, 2.45) is 0 Å². The fourth-order valence-electron chi connectivity index (χ4n) is 4.04. The standard InChI is InChI=1S/C23H30N3O10P/c1-13(2)34-21(29)15(4)25-37(31,36-16-8-6-5-7-9-16)33-12-23-11-32-17(18(23)27)20(35-23)26-10-14(3)19(28)24-22(26)30/h5-10,13,15,17-18,20,27H,11-12H2,1-4H3,(H,25,31)(H,24,28,30)/t15?,17-,18+,20-,23-,37?/m1/s1. The van der Waals surface area contributed by atoms with Crippen molar-refractivity contribution in [1.82, 2.24) is 14.6 Å². The van der Waals surface area contributed by atoms with E-state index in [2.05, 4.69) is 10.1 Å². The molecule has 0 radical (unpaired) electrons. The maximum Gasteiger partial charge on any atom is 0.459 e. The first-order chi connectivity index (χ1) is 17.4. The Hall–Kier alpha value is -2.80. The van der Waals surface area contributed by atoms with Crippen molar-refractivity contribution >= 4 is 13.7 Å². The molecule has 13 nitrogen and oxygen atoms in total. The van der Waals surface area contributed by atoms with Crippen molar-refractivity contribution in [1.29, 1.82) is 0 Å². The van der Waals surface area contributed by atoms with Gasteiger partial charge in [-0.25, -0.2) is 9.36 Å². The van der Waals surface area contributed by atoms with Gasteiger partial charge in [0.25, 0.3) is 5.56 Å². The number of hydrogen-bond donors (Lipinski definition) is 3. The number of carbonyl (C=O) groups excluding carboxylic acids is 1. The highest BCUT2D eigenvalue weighted by atomic mass is 31.2. The lowest BCUT2D eigenvalue weighted by atomic mass is 10.0. The Kier molecular flexibility index (Phi) is 7.75. The molecule has 0 spiro atoms. The minimum absolute atomic E-state index is 0.122. The van der Waals surface area contributed by atoms with E-state index in [1.54, 1.807) is 44.2 Å². The number of aromatic amines is 1. The number of ether oxygens (including phenoxy) is 3. The van der Waals surface area contributed by atoms with Gasteiger partial charge in [0.1, 0.15) is 29.6 Å². The van der Waals surface area contributed by atoms with E-state index in [-0.39, 0.29) is 17.9 Å². The molecule has 0 saturated carbocycles. The summed E-state index contributed by atoms with van der Waals surface area (Å²) >= 11 is 0. The van der Waals surface area contributed by atoms with Crippen LogP contribution < -0.4 is 20.9 Å². The molecule has 0 aliphatic carbocycles. The van der Waals surface area contributed by atoms with Gasteiger partial charge in [0, 0.05) is 11.8 Å². The second kappa shape index (κ2) is 10.5. The van der Waals surface area contributed by atoms with Gasteiger partial charge in [0.15, 0.2) is 6.23 Å². The first-order valence-electron chi connectivity index (χ1n) is 11.7. The second-order valence-corrected chi connectivity index (χ2v) is 11.0. The van der Waals surface area contributed by atoms with Crippen molar-refractivity contribution in [2.75, 3.05) is 13.2 Å². The van der Waals surface area contributed by atoms with Crippen LogP contribution in [0.2, 0.25) is 0 Å². The van der Waals surface area contributed by atoms with Gasteiger partial charge in [0.2, 0.25) is 0 Å². The smallest absolute Gasteiger partial charge is 0.459 e. The molecule has 14 heteroatoms. The van der Waals surface area contributed by atoms with Crippen LogP contribution in [0.3, 0.4) is 0 Å². The van der Waals surface area contributed by atoms with E-state index in [0.29, 0.717) is 0 Å². The van der Waals surface area contributed by atoms with E-state index < -0.39 is 67.8 Å². The molecule has 2 aromatic rings. The van der Waals surface area contributed by atoms with Gasteiger partial charge in [-0.1, -0.05) is 18.2 Å². The molecule has 1 aromatic heterocycles. The molecule has 0 amide bonds. The maximum absolute atomic E-state index is 13.8. The van der Waals surface area contributed by atoms with E-state index in [4.69, 9.17) is 23.3 Å². The Labute approximate surface area is 212 Å². The van der Waals surface area contributed by atoms with Crippen LogP contribution in [0, 0.1) is 6.92 Å². The highest BCUT2D eigenvalue weighted by Crippen LogP contribution is 2.50. The Morgan fingerprint density at radius 1 is 1.30 bits per heavy atom. The fraction of sp³-hybridized carbons (Fsp3) is 0.522. The highest BCUT2D eigenvalue weighted by Gasteiger charge is 2.62. The van der Waals surface area contributed by atoms with Gasteiger partial charge in [0.05, 0.1) is 19.3 Å². The van der Waals surface area contributed by atoms with E-state index in [1.165, 1.54) is 20.0 Å². The zero-order valence-corrected chi connectivity index (χ0v) is 21.7. The number of aliphatic hydroxyl groups excluding tert-OH is 1. The molecule has 3 N–H and O–H groups in total. The third kappa shape index (κ3) is 5.71.